The average Bonchev–Trinajstić information content (AvgIpc) is 2.98. The van der Waals surface area contributed by atoms with E-state index in [2.05, 4.69) is 24.0 Å². The van der Waals surface area contributed by atoms with Gasteiger partial charge in [0.05, 0.1) is 6.04 Å². The molecule has 25 heavy (non-hydrogen) atoms. The van der Waals surface area contributed by atoms with Crippen molar-refractivity contribution in [3.8, 4) is 0 Å². The lowest BCUT2D eigenvalue weighted by atomic mass is 10.1. The second-order valence-electron chi connectivity index (χ2n) is 5.41. The van der Waals surface area contributed by atoms with Crippen LogP contribution in [0.3, 0.4) is 0 Å². The van der Waals surface area contributed by atoms with E-state index in [-0.39, 0.29) is 18.6 Å². The third kappa shape index (κ3) is 8.91. The van der Waals surface area contributed by atoms with Crippen LogP contribution in [0.5, 0.6) is 0 Å². The van der Waals surface area contributed by atoms with Gasteiger partial charge < -0.3 is 16.2 Å². The van der Waals surface area contributed by atoms with Crippen molar-refractivity contribution in [3.63, 3.8) is 0 Å². The molecule has 1 aliphatic carbocycles. The Labute approximate surface area is 152 Å². The molecule has 4 nitrogen and oxygen atoms in total. The predicted octanol–water partition coefficient (Wildman–Crippen LogP) is 3.79. The minimum atomic E-state index is -0.0814. The Morgan fingerprint density at radius 3 is 2.56 bits per heavy atom. The molecule has 0 saturated carbocycles. The van der Waals surface area contributed by atoms with Crippen LogP contribution in [0.1, 0.15) is 51.3 Å². The Morgan fingerprint density at radius 1 is 1.36 bits per heavy atom. The van der Waals surface area contributed by atoms with E-state index in [9.17, 15) is 4.79 Å². The molecule has 138 valence electrons. The summed E-state index contributed by atoms with van der Waals surface area (Å²) in [6.45, 7) is 11.4. The zero-order valence-corrected chi connectivity index (χ0v) is 15.9. The first kappa shape index (κ1) is 22.7. The fourth-order valence-corrected chi connectivity index (χ4v) is 2.47. The number of carbonyl (C=O) groups is 1. The third-order valence-electron chi connectivity index (χ3n) is 3.36. The number of hydrogen-bond acceptors (Lipinski definition) is 3. The first-order valence-electron chi connectivity index (χ1n) is 8.77. The van der Waals surface area contributed by atoms with Gasteiger partial charge in [0.2, 0.25) is 5.91 Å². The predicted molar refractivity (Wildman–Crippen MR) is 106 cm³/mol. The lowest BCUT2D eigenvalue weighted by Gasteiger charge is -2.12. The number of aliphatic hydroxyl groups excluding tert-OH is 1. The van der Waals surface area contributed by atoms with E-state index in [1.807, 2.05) is 32.9 Å². The molecule has 1 aromatic carbocycles. The minimum Gasteiger partial charge on any atom is -0.399 e. The number of nitrogens with one attached hydrogen (secondary N) is 1. The summed E-state index contributed by atoms with van der Waals surface area (Å²) in [7, 11) is 0. The number of hydrogen-bond donors (Lipinski definition) is 3. The van der Waals surface area contributed by atoms with Crippen molar-refractivity contribution in [2.75, 3.05) is 6.61 Å². The molecule has 0 aliphatic heterocycles. The van der Waals surface area contributed by atoms with E-state index in [1.54, 1.807) is 19.1 Å². The van der Waals surface area contributed by atoms with Gasteiger partial charge in [-0.05, 0) is 49.5 Å². The van der Waals surface area contributed by atoms with E-state index >= 15 is 0 Å². The number of aryl methyl sites for hydroxylation is 1. The van der Waals surface area contributed by atoms with Gasteiger partial charge in [-0.3, -0.25) is 4.79 Å². The van der Waals surface area contributed by atoms with Crippen LogP contribution in [0.2, 0.25) is 0 Å². The van der Waals surface area contributed by atoms with Gasteiger partial charge >= 0.3 is 0 Å². The Hall–Kier alpha value is -2.33. The van der Waals surface area contributed by atoms with Gasteiger partial charge in [-0.2, -0.15) is 0 Å². The monoisotopic (exact) mass is 344 g/mol. The van der Waals surface area contributed by atoms with E-state index in [4.69, 9.17) is 10.8 Å². The topological polar surface area (TPSA) is 75.4 Å². The summed E-state index contributed by atoms with van der Waals surface area (Å²) in [5.41, 5.74) is 9.43. The second-order valence-corrected chi connectivity index (χ2v) is 5.41. The summed E-state index contributed by atoms with van der Waals surface area (Å²) in [5.74, 6) is -0.0814. The highest BCUT2D eigenvalue weighted by atomic mass is 16.2. The lowest BCUT2D eigenvalue weighted by Crippen LogP contribution is -2.25. The van der Waals surface area contributed by atoms with Gasteiger partial charge in [0.15, 0.2) is 0 Å². The van der Waals surface area contributed by atoms with Crippen molar-refractivity contribution in [1.29, 1.82) is 0 Å². The van der Waals surface area contributed by atoms with Crippen LogP contribution in [-0.2, 0) is 11.2 Å². The van der Waals surface area contributed by atoms with Gasteiger partial charge in [0.1, 0.15) is 0 Å². The van der Waals surface area contributed by atoms with Crippen molar-refractivity contribution in [2.45, 2.75) is 46.6 Å². The molecule has 0 bridgehead atoms. The first-order chi connectivity index (χ1) is 12.0. The number of aliphatic hydroxyl groups is 1. The molecule has 0 heterocycles. The van der Waals surface area contributed by atoms with Crippen LogP contribution in [0.15, 0.2) is 60.3 Å². The van der Waals surface area contributed by atoms with Crippen molar-refractivity contribution >= 4 is 5.91 Å². The van der Waals surface area contributed by atoms with Crippen LogP contribution >= 0.6 is 0 Å². The largest absolute Gasteiger partial charge is 0.399 e. The quantitative estimate of drug-likeness (QED) is 0.574. The molecule has 1 aromatic rings. The fourth-order valence-electron chi connectivity index (χ4n) is 2.47. The van der Waals surface area contributed by atoms with Crippen molar-refractivity contribution in [3.05, 3.63) is 71.5 Å². The Kier molecular flexibility index (Phi) is 11.8. The molecule has 0 fully saturated rings. The van der Waals surface area contributed by atoms with Crippen LogP contribution in [-0.4, -0.2) is 17.6 Å². The molecule has 2 rings (SSSR count). The number of nitrogens with two attached hydrogens (primary N) is 1. The van der Waals surface area contributed by atoms with Crippen LogP contribution in [0.25, 0.3) is 0 Å². The number of benzene rings is 1. The molecule has 1 unspecified atom stereocenters. The average molecular weight is 344 g/mol. The van der Waals surface area contributed by atoms with Crippen molar-refractivity contribution in [1.82, 2.24) is 5.32 Å². The Morgan fingerprint density at radius 2 is 1.96 bits per heavy atom. The van der Waals surface area contributed by atoms with Crippen LogP contribution in [0, 0.1) is 0 Å². The molecule has 4 heteroatoms. The molecule has 0 aromatic heterocycles. The van der Waals surface area contributed by atoms with E-state index in [1.165, 1.54) is 17.2 Å². The zero-order chi connectivity index (χ0) is 19.2. The smallest absolute Gasteiger partial charge is 0.244 e. The number of amides is 1. The summed E-state index contributed by atoms with van der Waals surface area (Å²) in [6.07, 6.45) is 7.00. The number of fused-ring (bicyclic) bond motifs is 1. The van der Waals surface area contributed by atoms with Crippen molar-refractivity contribution < 1.29 is 9.90 Å². The Balaban J connectivity index is 0.00000104. The van der Waals surface area contributed by atoms with Gasteiger partial charge in [-0.1, -0.05) is 50.8 Å². The molecular weight excluding hydrogens is 312 g/mol. The van der Waals surface area contributed by atoms with E-state index in [0.717, 1.165) is 18.4 Å². The van der Waals surface area contributed by atoms with Gasteiger partial charge in [0, 0.05) is 18.4 Å². The molecule has 1 amide bonds. The summed E-state index contributed by atoms with van der Waals surface area (Å²) in [5, 5.41) is 10.6. The third-order valence-corrected chi connectivity index (χ3v) is 3.36. The maximum absolute atomic E-state index is 11.9. The molecule has 0 saturated heterocycles. The normalized spacial score (nSPS) is 15.4. The Bertz CT molecular complexity index is 604. The minimum absolute atomic E-state index is 0.0814. The van der Waals surface area contributed by atoms with Crippen LogP contribution < -0.4 is 11.1 Å². The number of rotatable bonds is 4. The van der Waals surface area contributed by atoms with E-state index in [0.29, 0.717) is 5.70 Å². The number of allylic oxidation sites excluding steroid dienone is 3. The van der Waals surface area contributed by atoms with Crippen LogP contribution in [0.4, 0.5) is 0 Å². The van der Waals surface area contributed by atoms with Gasteiger partial charge in [-0.15, -0.1) is 0 Å². The molecule has 4 N–H and O–H groups in total. The second kappa shape index (κ2) is 13.0. The maximum atomic E-state index is 11.9. The lowest BCUT2D eigenvalue weighted by molar-refractivity contribution is -0.117. The highest BCUT2D eigenvalue weighted by Gasteiger charge is 2.22. The fraction of sp³-hybridized carbons (Fsp3) is 0.381. The summed E-state index contributed by atoms with van der Waals surface area (Å²) < 4.78 is 0. The first-order valence-corrected chi connectivity index (χ1v) is 8.77. The molecule has 0 spiro atoms. The summed E-state index contributed by atoms with van der Waals surface area (Å²) in [4.78, 5) is 11.9. The molecule has 0 radical (unpaired) electrons. The zero-order valence-electron chi connectivity index (χ0n) is 15.9. The van der Waals surface area contributed by atoms with Gasteiger partial charge in [0.25, 0.3) is 0 Å². The molecular formula is C21H32N2O2. The summed E-state index contributed by atoms with van der Waals surface area (Å²) in [6, 6.07) is 8.38. The standard InChI is InChI=1S/C17H20N2O.C2H6O.C2H6/c1-12(11-13(2)18)7-10-17(20)19-16-9-8-14-5-3-4-6-15(14)16;1-2-3;1-2/h3-7,10-11,16H,2,8-9,18H2,1H3,(H,19,20);3H,2H2,1H3;1-2H3/b10-7+,12-11+;;. The number of carbonyl (C=O) groups excluding carboxylic acids is 1. The molecule has 1 aliphatic rings. The van der Waals surface area contributed by atoms with Gasteiger partial charge in [-0.25, -0.2) is 0 Å². The highest BCUT2D eigenvalue weighted by molar-refractivity contribution is 5.88. The van der Waals surface area contributed by atoms with E-state index < -0.39 is 0 Å². The van der Waals surface area contributed by atoms with Crippen molar-refractivity contribution in [2.24, 2.45) is 5.73 Å². The SMILES string of the molecule is C=C(N)/C=C(C)/C=C/C(=O)NC1CCc2ccccc21.CC.CCO. The maximum Gasteiger partial charge on any atom is 0.244 e. The molecule has 1 atom stereocenters. The highest BCUT2D eigenvalue weighted by Crippen LogP contribution is 2.30. The summed E-state index contributed by atoms with van der Waals surface area (Å²) >= 11 is 0.